The summed E-state index contributed by atoms with van der Waals surface area (Å²) in [4.78, 5) is 28.6. The number of likely N-dealkylation sites (tertiary alicyclic amines) is 1. The summed E-state index contributed by atoms with van der Waals surface area (Å²) in [5, 5.41) is 0.628. The van der Waals surface area contributed by atoms with Gasteiger partial charge in [-0.25, -0.2) is 9.18 Å². The van der Waals surface area contributed by atoms with E-state index in [0.29, 0.717) is 17.1 Å². The van der Waals surface area contributed by atoms with Gasteiger partial charge in [-0.1, -0.05) is 23.7 Å². The first-order valence-corrected chi connectivity index (χ1v) is 12.3. The molecule has 36 heavy (non-hydrogen) atoms. The Hall–Kier alpha value is -2.93. The number of halogens is 3. The van der Waals surface area contributed by atoms with Crippen LogP contribution in [0.15, 0.2) is 71.5 Å². The second kappa shape index (κ2) is 11.0. The van der Waals surface area contributed by atoms with Crippen LogP contribution in [0.4, 0.5) is 4.39 Å². The molecule has 0 atom stereocenters. The molecule has 0 N–H and O–H groups in total. The molecule has 0 bridgehead atoms. The molecule has 1 aliphatic rings. The molecule has 3 aromatic carbocycles. The Kier molecular flexibility index (Phi) is 7.98. The van der Waals surface area contributed by atoms with E-state index in [-0.39, 0.29) is 35.6 Å². The Balaban J connectivity index is 0.00000304. The fraction of sp³-hybridized carbons (Fsp3) is 0.286. The van der Waals surface area contributed by atoms with Gasteiger partial charge in [-0.05, 0) is 93.0 Å². The highest BCUT2D eigenvalue weighted by atomic mass is 35.5. The van der Waals surface area contributed by atoms with Crippen LogP contribution in [0.3, 0.4) is 0 Å². The van der Waals surface area contributed by atoms with Crippen LogP contribution in [-0.4, -0.2) is 39.5 Å². The standard InChI is InChI=1S/C28H27ClFN3O2.ClH/c1-19-3-2-4-25-26(19)32(28(35)33(25)24-11-7-22(29)8-12-24)18-17-31-15-13-21(14-16-31)27(34)20-5-9-23(30)10-6-20;/h2-12,21H,13-18H2,1H3;1H. The van der Waals surface area contributed by atoms with Gasteiger partial charge in [-0.2, -0.15) is 0 Å². The number of carbonyl (C=O) groups excluding carboxylic acids is 1. The molecule has 1 aliphatic heterocycles. The van der Waals surface area contributed by atoms with Crippen LogP contribution >= 0.6 is 24.0 Å². The zero-order valence-corrected chi connectivity index (χ0v) is 21.6. The van der Waals surface area contributed by atoms with E-state index >= 15 is 0 Å². The lowest BCUT2D eigenvalue weighted by Crippen LogP contribution is -2.39. The van der Waals surface area contributed by atoms with Gasteiger partial charge in [0.25, 0.3) is 0 Å². The van der Waals surface area contributed by atoms with Crippen molar-refractivity contribution >= 4 is 40.8 Å². The van der Waals surface area contributed by atoms with Gasteiger partial charge in [-0.15, -0.1) is 12.4 Å². The number of imidazole rings is 1. The molecular formula is C28H28Cl2FN3O2. The lowest BCUT2D eigenvalue weighted by atomic mass is 9.89. The number of hydrogen-bond donors (Lipinski definition) is 0. The van der Waals surface area contributed by atoms with Crippen LogP contribution in [-0.2, 0) is 6.54 Å². The fourth-order valence-corrected chi connectivity index (χ4v) is 5.18. The molecule has 8 heteroatoms. The second-order valence-corrected chi connectivity index (χ2v) is 9.61. The third-order valence-electron chi connectivity index (χ3n) is 6.96. The number of benzene rings is 3. The van der Waals surface area contributed by atoms with Crippen molar-refractivity contribution in [3.05, 3.63) is 99.2 Å². The van der Waals surface area contributed by atoms with Crippen molar-refractivity contribution in [2.75, 3.05) is 19.6 Å². The van der Waals surface area contributed by atoms with Gasteiger partial charge in [0.05, 0.1) is 16.7 Å². The molecule has 0 radical (unpaired) electrons. The predicted molar refractivity (Wildman–Crippen MR) is 144 cm³/mol. The molecule has 5 nitrogen and oxygen atoms in total. The maximum absolute atomic E-state index is 13.5. The number of fused-ring (bicyclic) bond motifs is 1. The number of para-hydroxylation sites is 1. The number of hydrogen-bond acceptors (Lipinski definition) is 3. The minimum atomic E-state index is -0.334. The quantitative estimate of drug-likeness (QED) is 0.293. The molecular weight excluding hydrogens is 500 g/mol. The molecule has 0 spiro atoms. The summed E-state index contributed by atoms with van der Waals surface area (Å²) in [6, 6.07) is 19.1. The predicted octanol–water partition coefficient (Wildman–Crippen LogP) is 5.91. The van der Waals surface area contributed by atoms with Gasteiger partial charge in [0.2, 0.25) is 0 Å². The second-order valence-electron chi connectivity index (χ2n) is 9.18. The third-order valence-corrected chi connectivity index (χ3v) is 7.21. The van der Waals surface area contributed by atoms with E-state index in [9.17, 15) is 14.0 Å². The van der Waals surface area contributed by atoms with Crippen LogP contribution in [0.2, 0.25) is 5.02 Å². The summed E-state index contributed by atoms with van der Waals surface area (Å²) in [6.45, 7) is 4.90. The summed E-state index contributed by atoms with van der Waals surface area (Å²) in [5.74, 6) is -0.296. The highest BCUT2D eigenvalue weighted by Crippen LogP contribution is 2.24. The normalized spacial score (nSPS) is 14.6. The summed E-state index contributed by atoms with van der Waals surface area (Å²) in [7, 11) is 0. The zero-order chi connectivity index (χ0) is 24.5. The number of aromatic nitrogens is 2. The SMILES string of the molecule is Cc1cccc2c1n(CCN1CCC(C(=O)c3ccc(F)cc3)CC1)c(=O)n2-c1ccc(Cl)cc1.Cl. The van der Waals surface area contributed by atoms with E-state index < -0.39 is 0 Å². The van der Waals surface area contributed by atoms with Gasteiger partial charge in [-0.3, -0.25) is 13.9 Å². The van der Waals surface area contributed by atoms with E-state index in [4.69, 9.17) is 11.6 Å². The van der Waals surface area contributed by atoms with Crippen LogP contribution in [0.25, 0.3) is 16.7 Å². The number of ketones is 1. The first-order valence-electron chi connectivity index (χ1n) is 11.9. The first-order chi connectivity index (χ1) is 16.9. The zero-order valence-electron chi connectivity index (χ0n) is 20.0. The van der Waals surface area contributed by atoms with Crippen molar-refractivity contribution in [1.82, 2.24) is 14.0 Å². The van der Waals surface area contributed by atoms with Gasteiger partial charge >= 0.3 is 5.69 Å². The smallest absolute Gasteiger partial charge is 0.302 e. The van der Waals surface area contributed by atoms with E-state index in [1.54, 1.807) is 28.8 Å². The lowest BCUT2D eigenvalue weighted by Gasteiger charge is -2.31. The maximum atomic E-state index is 13.5. The summed E-state index contributed by atoms with van der Waals surface area (Å²) in [5.41, 5.74) is 4.15. The Bertz CT molecular complexity index is 1420. The van der Waals surface area contributed by atoms with Crippen LogP contribution in [0.5, 0.6) is 0 Å². The van der Waals surface area contributed by atoms with Gasteiger partial charge in [0.15, 0.2) is 5.78 Å². The Morgan fingerprint density at radius 2 is 1.64 bits per heavy atom. The Morgan fingerprint density at radius 1 is 0.972 bits per heavy atom. The topological polar surface area (TPSA) is 47.2 Å². The molecule has 0 aliphatic carbocycles. The van der Waals surface area contributed by atoms with E-state index in [1.807, 2.05) is 41.8 Å². The van der Waals surface area contributed by atoms with Gasteiger partial charge in [0.1, 0.15) is 5.82 Å². The number of carbonyl (C=O) groups is 1. The highest BCUT2D eigenvalue weighted by Gasteiger charge is 2.26. The molecule has 2 heterocycles. The molecule has 0 unspecified atom stereocenters. The van der Waals surface area contributed by atoms with Crippen LogP contribution in [0, 0.1) is 18.7 Å². The number of nitrogens with zero attached hydrogens (tertiary/aromatic N) is 3. The number of rotatable bonds is 6. The molecule has 0 saturated carbocycles. The Morgan fingerprint density at radius 3 is 2.31 bits per heavy atom. The highest BCUT2D eigenvalue weighted by molar-refractivity contribution is 6.30. The fourth-order valence-electron chi connectivity index (χ4n) is 5.05. The van der Waals surface area contributed by atoms with Crippen LogP contribution in [0.1, 0.15) is 28.8 Å². The summed E-state index contributed by atoms with van der Waals surface area (Å²) >= 11 is 6.06. The monoisotopic (exact) mass is 527 g/mol. The van der Waals surface area contributed by atoms with Crippen molar-refractivity contribution in [2.24, 2.45) is 5.92 Å². The van der Waals surface area contributed by atoms with E-state index in [1.165, 1.54) is 12.1 Å². The first kappa shape index (κ1) is 26.1. The lowest BCUT2D eigenvalue weighted by molar-refractivity contribution is 0.0837. The molecule has 1 aromatic heterocycles. The summed E-state index contributed by atoms with van der Waals surface area (Å²) < 4.78 is 16.8. The average Bonchev–Trinajstić information content (AvgIpc) is 3.16. The van der Waals surface area contributed by atoms with Crippen molar-refractivity contribution in [3.8, 4) is 5.69 Å². The van der Waals surface area contributed by atoms with E-state index in [0.717, 1.165) is 54.8 Å². The van der Waals surface area contributed by atoms with Gasteiger partial charge in [0, 0.05) is 29.6 Å². The molecule has 4 aromatic rings. The number of piperidine rings is 1. The molecule has 1 saturated heterocycles. The molecule has 188 valence electrons. The average molecular weight is 528 g/mol. The van der Waals surface area contributed by atoms with Crippen LogP contribution < -0.4 is 5.69 Å². The number of aryl methyl sites for hydroxylation is 1. The van der Waals surface area contributed by atoms with Gasteiger partial charge < -0.3 is 4.90 Å². The molecule has 1 fully saturated rings. The molecule has 5 rings (SSSR count). The minimum absolute atomic E-state index is 0. The Labute approximate surface area is 220 Å². The van der Waals surface area contributed by atoms with Crippen molar-refractivity contribution < 1.29 is 9.18 Å². The van der Waals surface area contributed by atoms with E-state index in [2.05, 4.69) is 4.90 Å². The van der Waals surface area contributed by atoms with Crippen molar-refractivity contribution in [3.63, 3.8) is 0 Å². The maximum Gasteiger partial charge on any atom is 0.333 e. The molecule has 0 amide bonds. The summed E-state index contributed by atoms with van der Waals surface area (Å²) in [6.07, 6.45) is 1.52. The van der Waals surface area contributed by atoms with Crippen molar-refractivity contribution in [2.45, 2.75) is 26.3 Å². The minimum Gasteiger partial charge on any atom is -0.302 e. The largest absolute Gasteiger partial charge is 0.333 e. The number of Topliss-reactive ketones (excluding diaryl/α,β-unsaturated/α-hetero) is 1. The third kappa shape index (κ3) is 5.12. The van der Waals surface area contributed by atoms with Crippen molar-refractivity contribution in [1.29, 1.82) is 0 Å².